The number of rotatable bonds is 8. The van der Waals surface area contributed by atoms with Gasteiger partial charge in [0.15, 0.2) is 9.84 Å². The standard InChI is InChI=1S/C20H23NO4S3/c1-28(23,24)18-9-7-17(8-10-18)25-11-3-6-19(22)21-16-5-2-4-15(14-16)20-26-12-13-27-20/h2,4-5,7-10,14,20H,3,6,11-13H2,1H3,(H,21,22). The van der Waals surface area contributed by atoms with Gasteiger partial charge in [-0.15, -0.1) is 23.5 Å². The third-order valence-corrected chi connectivity index (χ3v) is 8.37. The summed E-state index contributed by atoms with van der Waals surface area (Å²) < 4.78 is 28.9. The van der Waals surface area contributed by atoms with Crippen molar-refractivity contribution in [1.82, 2.24) is 0 Å². The summed E-state index contributed by atoms with van der Waals surface area (Å²) in [5, 5.41) is 2.95. The molecule has 0 atom stereocenters. The highest BCUT2D eigenvalue weighted by molar-refractivity contribution is 8.19. The van der Waals surface area contributed by atoms with Crippen LogP contribution in [-0.2, 0) is 14.6 Å². The second kappa shape index (κ2) is 9.71. The molecule has 0 bridgehead atoms. The molecule has 1 saturated heterocycles. The van der Waals surface area contributed by atoms with Crippen molar-refractivity contribution in [2.45, 2.75) is 22.3 Å². The molecule has 1 heterocycles. The molecule has 2 aromatic rings. The number of ether oxygens (including phenoxy) is 1. The van der Waals surface area contributed by atoms with E-state index in [1.807, 2.05) is 41.7 Å². The van der Waals surface area contributed by atoms with Gasteiger partial charge in [-0.1, -0.05) is 12.1 Å². The zero-order valence-electron chi connectivity index (χ0n) is 15.6. The molecule has 1 aliphatic heterocycles. The summed E-state index contributed by atoms with van der Waals surface area (Å²) in [4.78, 5) is 12.4. The normalized spacial score (nSPS) is 14.8. The van der Waals surface area contributed by atoms with Gasteiger partial charge in [0, 0.05) is 29.9 Å². The highest BCUT2D eigenvalue weighted by atomic mass is 32.2. The van der Waals surface area contributed by atoms with Crippen molar-refractivity contribution in [3.8, 4) is 5.75 Å². The third kappa shape index (κ3) is 6.18. The van der Waals surface area contributed by atoms with Gasteiger partial charge in [-0.3, -0.25) is 4.79 Å². The number of hydrogen-bond donors (Lipinski definition) is 1. The minimum atomic E-state index is -3.21. The Kier molecular flexibility index (Phi) is 7.31. The van der Waals surface area contributed by atoms with Gasteiger partial charge >= 0.3 is 0 Å². The van der Waals surface area contributed by atoms with Crippen molar-refractivity contribution in [1.29, 1.82) is 0 Å². The maximum Gasteiger partial charge on any atom is 0.224 e. The SMILES string of the molecule is CS(=O)(=O)c1ccc(OCCCC(=O)Nc2cccc(C3SCCS3)c2)cc1. The lowest BCUT2D eigenvalue weighted by atomic mass is 10.2. The summed E-state index contributed by atoms with van der Waals surface area (Å²) in [6.45, 7) is 0.390. The Morgan fingerprint density at radius 2 is 1.86 bits per heavy atom. The predicted octanol–water partition coefficient (Wildman–Crippen LogP) is 4.37. The molecule has 0 spiro atoms. The van der Waals surface area contributed by atoms with Gasteiger partial charge in [-0.05, 0) is 48.4 Å². The number of sulfone groups is 1. The van der Waals surface area contributed by atoms with E-state index in [2.05, 4.69) is 11.4 Å². The number of carbonyl (C=O) groups is 1. The van der Waals surface area contributed by atoms with Gasteiger partial charge in [-0.2, -0.15) is 0 Å². The van der Waals surface area contributed by atoms with Crippen molar-refractivity contribution in [3.63, 3.8) is 0 Å². The first-order chi connectivity index (χ1) is 13.4. The molecule has 1 fully saturated rings. The van der Waals surface area contributed by atoms with Crippen LogP contribution in [0.4, 0.5) is 5.69 Å². The van der Waals surface area contributed by atoms with E-state index >= 15 is 0 Å². The van der Waals surface area contributed by atoms with Crippen LogP contribution in [-0.4, -0.2) is 38.7 Å². The summed E-state index contributed by atoms with van der Waals surface area (Å²) in [7, 11) is -3.21. The van der Waals surface area contributed by atoms with E-state index in [4.69, 9.17) is 4.74 Å². The van der Waals surface area contributed by atoms with Crippen LogP contribution < -0.4 is 10.1 Å². The highest BCUT2D eigenvalue weighted by Gasteiger charge is 2.18. The number of carbonyl (C=O) groups excluding carboxylic acids is 1. The molecule has 8 heteroatoms. The number of thioether (sulfide) groups is 2. The summed E-state index contributed by atoms with van der Waals surface area (Å²) in [6, 6.07) is 14.3. The maximum absolute atomic E-state index is 12.2. The Morgan fingerprint density at radius 3 is 2.54 bits per heavy atom. The van der Waals surface area contributed by atoms with E-state index in [1.54, 1.807) is 12.1 Å². The second-order valence-electron chi connectivity index (χ2n) is 6.44. The van der Waals surface area contributed by atoms with Crippen molar-refractivity contribution in [3.05, 3.63) is 54.1 Å². The Labute approximate surface area is 174 Å². The monoisotopic (exact) mass is 437 g/mol. The average molecular weight is 438 g/mol. The number of hydrogen-bond acceptors (Lipinski definition) is 6. The Morgan fingerprint density at radius 1 is 1.14 bits per heavy atom. The smallest absolute Gasteiger partial charge is 0.224 e. The average Bonchev–Trinajstić information content (AvgIpc) is 3.20. The molecule has 0 saturated carbocycles. The Balaban J connectivity index is 1.42. The van der Waals surface area contributed by atoms with Crippen molar-refractivity contribution < 1.29 is 17.9 Å². The fourth-order valence-electron chi connectivity index (χ4n) is 2.74. The maximum atomic E-state index is 12.2. The Hall–Kier alpha value is -1.64. The summed E-state index contributed by atoms with van der Waals surface area (Å²) in [6.07, 6.45) is 2.11. The molecule has 1 amide bonds. The van der Waals surface area contributed by atoms with Crippen LogP contribution >= 0.6 is 23.5 Å². The van der Waals surface area contributed by atoms with Gasteiger partial charge in [0.2, 0.25) is 5.91 Å². The zero-order valence-corrected chi connectivity index (χ0v) is 18.0. The Bertz CT molecular complexity index is 907. The largest absolute Gasteiger partial charge is 0.494 e. The molecule has 3 rings (SSSR count). The minimum absolute atomic E-state index is 0.0418. The summed E-state index contributed by atoms with van der Waals surface area (Å²) in [5.41, 5.74) is 2.07. The minimum Gasteiger partial charge on any atom is -0.494 e. The van der Waals surface area contributed by atoms with Gasteiger partial charge in [0.25, 0.3) is 0 Å². The van der Waals surface area contributed by atoms with Crippen LogP contribution in [0.25, 0.3) is 0 Å². The van der Waals surface area contributed by atoms with Gasteiger partial charge in [0.1, 0.15) is 5.75 Å². The van der Waals surface area contributed by atoms with E-state index in [-0.39, 0.29) is 10.8 Å². The number of amides is 1. The third-order valence-electron chi connectivity index (χ3n) is 4.13. The topological polar surface area (TPSA) is 72.5 Å². The van der Waals surface area contributed by atoms with Crippen molar-refractivity contribution >= 4 is 45.0 Å². The lowest BCUT2D eigenvalue weighted by Gasteiger charge is -2.11. The molecular weight excluding hydrogens is 414 g/mol. The fraction of sp³-hybridized carbons (Fsp3) is 0.350. The molecule has 5 nitrogen and oxygen atoms in total. The van der Waals surface area contributed by atoms with Gasteiger partial charge in [0.05, 0.1) is 16.1 Å². The van der Waals surface area contributed by atoms with E-state index in [9.17, 15) is 13.2 Å². The van der Waals surface area contributed by atoms with Crippen molar-refractivity contribution in [2.75, 3.05) is 29.7 Å². The lowest BCUT2D eigenvalue weighted by Crippen LogP contribution is -2.13. The van der Waals surface area contributed by atoms with Crippen LogP contribution in [0.1, 0.15) is 23.0 Å². The van der Waals surface area contributed by atoms with E-state index in [0.717, 1.165) is 5.69 Å². The van der Waals surface area contributed by atoms with E-state index < -0.39 is 9.84 Å². The quantitative estimate of drug-likeness (QED) is 0.619. The first-order valence-electron chi connectivity index (χ1n) is 8.98. The predicted molar refractivity (Wildman–Crippen MR) is 117 cm³/mol. The highest BCUT2D eigenvalue weighted by Crippen LogP contribution is 2.45. The molecule has 0 unspecified atom stereocenters. The van der Waals surface area contributed by atoms with Crippen molar-refractivity contribution in [2.24, 2.45) is 0 Å². The second-order valence-corrected chi connectivity index (χ2v) is 11.2. The van der Waals surface area contributed by atoms with Crippen LogP contribution in [0, 0.1) is 0 Å². The molecule has 150 valence electrons. The van der Waals surface area contributed by atoms with Crippen LogP contribution in [0.3, 0.4) is 0 Å². The molecule has 2 aromatic carbocycles. The molecule has 0 aromatic heterocycles. The summed E-state index contributed by atoms with van der Waals surface area (Å²) >= 11 is 3.88. The van der Waals surface area contributed by atoms with Gasteiger partial charge in [-0.25, -0.2) is 8.42 Å². The molecule has 0 aliphatic carbocycles. The van der Waals surface area contributed by atoms with E-state index in [0.29, 0.717) is 29.8 Å². The molecule has 1 aliphatic rings. The van der Waals surface area contributed by atoms with Gasteiger partial charge < -0.3 is 10.1 Å². The number of anilines is 1. The lowest BCUT2D eigenvalue weighted by molar-refractivity contribution is -0.116. The van der Waals surface area contributed by atoms with Crippen LogP contribution in [0.15, 0.2) is 53.4 Å². The first kappa shape index (κ1) is 21.1. The molecule has 1 N–H and O–H groups in total. The molecule has 0 radical (unpaired) electrons. The number of nitrogens with one attached hydrogen (secondary N) is 1. The molecular formula is C20H23NO4S3. The van der Waals surface area contributed by atoms with Crippen LogP contribution in [0.5, 0.6) is 5.75 Å². The fourth-order valence-corrected chi connectivity index (χ4v) is 6.21. The van der Waals surface area contributed by atoms with E-state index in [1.165, 1.54) is 35.5 Å². The number of benzene rings is 2. The summed E-state index contributed by atoms with van der Waals surface area (Å²) in [5.74, 6) is 2.89. The first-order valence-corrected chi connectivity index (χ1v) is 13.0. The molecule has 28 heavy (non-hydrogen) atoms. The zero-order chi connectivity index (χ0) is 20.0. The van der Waals surface area contributed by atoms with Crippen LogP contribution in [0.2, 0.25) is 0 Å².